The minimum absolute atomic E-state index is 0.431. The van der Waals surface area contributed by atoms with Crippen molar-refractivity contribution in [1.82, 2.24) is 23.8 Å². The first-order chi connectivity index (χ1) is 12.3. The van der Waals surface area contributed by atoms with Crippen LogP contribution in [-0.2, 0) is 26.4 Å². The van der Waals surface area contributed by atoms with Crippen LogP contribution in [0.1, 0.15) is 54.6 Å². The second-order valence-electron chi connectivity index (χ2n) is 7.46. The van der Waals surface area contributed by atoms with Crippen LogP contribution in [0.2, 0.25) is 0 Å². The van der Waals surface area contributed by atoms with Gasteiger partial charge in [-0.05, 0) is 57.2 Å². The number of pyridine rings is 1. The third-order valence-electron chi connectivity index (χ3n) is 5.85. The summed E-state index contributed by atoms with van der Waals surface area (Å²) in [6.45, 7) is 2.04. The topological polar surface area (TPSA) is 38.4 Å². The average molecular weight is 335 g/mol. The molecule has 5 nitrogen and oxygen atoms in total. The zero-order chi connectivity index (χ0) is 16.8. The number of aryl methyl sites for hydroxylation is 1. The molecule has 0 saturated carbocycles. The van der Waals surface area contributed by atoms with Crippen molar-refractivity contribution in [2.45, 2.75) is 51.1 Å². The monoisotopic (exact) mass is 335 g/mol. The molecule has 0 bridgehead atoms. The second kappa shape index (κ2) is 5.99. The summed E-state index contributed by atoms with van der Waals surface area (Å²) in [6, 6.07) is 6.59. The van der Waals surface area contributed by atoms with Crippen molar-refractivity contribution in [1.29, 1.82) is 0 Å². The Balaban J connectivity index is 1.43. The molecule has 0 radical (unpaired) electrons. The predicted molar refractivity (Wildman–Crippen MR) is 97.4 cm³/mol. The Morgan fingerprint density at radius 2 is 2.04 bits per heavy atom. The van der Waals surface area contributed by atoms with Crippen LogP contribution in [0.4, 0.5) is 0 Å². The molecular formula is C20H25N5. The maximum absolute atomic E-state index is 5.06. The van der Waals surface area contributed by atoms with Crippen molar-refractivity contribution >= 4 is 5.65 Å². The number of nitrogens with zero attached hydrogens (tertiary/aromatic N) is 5. The van der Waals surface area contributed by atoms with Gasteiger partial charge in [0, 0.05) is 31.7 Å². The van der Waals surface area contributed by atoms with Gasteiger partial charge in [0.1, 0.15) is 11.5 Å². The van der Waals surface area contributed by atoms with Gasteiger partial charge >= 0.3 is 0 Å². The highest BCUT2D eigenvalue weighted by atomic mass is 15.2. The molecule has 0 N–H and O–H groups in total. The maximum atomic E-state index is 5.06. The van der Waals surface area contributed by atoms with Crippen molar-refractivity contribution < 1.29 is 0 Å². The molecule has 0 spiro atoms. The van der Waals surface area contributed by atoms with Gasteiger partial charge in [0.25, 0.3) is 0 Å². The van der Waals surface area contributed by atoms with E-state index in [4.69, 9.17) is 9.97 Å². The Morgan fingerprint density at radius 3 is 2.92 bits per heavy atom. The van der Waals surface area contributed by atoms with Gasteiger partial charge in [0.2, 0.25) is 0 Å². The highest BCUT2D eigenvalue weighted by molar-refractivity contribution is 5.39. The largest absolute Gasteiger partial charge is 0.334 e. The first-order valence-electron chi connectivity index (χ1n) is 9.50. The first-order valence-corrected chi connectivity index (χ1v) is 9.50. The summed E-state index contributed by atoms with van der Waals surface area (Å²) in [7, 11) is 2.22. The van der Waals surface area contributed by atoms with Crippen LogP contribution in [0.5, 0.6) is 0 Å². The lowest BCUT2D eigenvalue weighted by molar-refractivity contribution is 0.234. The Kier molecular flexibility index (Phi) is 3.63. The average Bonchev–Trinajstić information content (AvgIpc) is 3.32. The maximum Gasteiger partial charge on any atom is 0.137 e. The van der Waals surface area contributed by atoms with E-state index >= 15 is 0 Å². The minimum atomic E-state index is 0.431. The van der Waals surface area contributed by atoms with Gasteiger partial charge < -0.3 is 8.97 Å². The highest BCUT2D eigenvalue weighted by Gasteiger charge is 2.31. The van der Waals surface area contributed by atoms with Crippen LogP contribution in [-0.4, -0.2) is 30.4 Å². The van der Waals surface area contributed by atoms with Crippen LogP contribution in [0.25, 0.3) is 5.65 Å². The molecule has 1 aliphatic carbocycles. The normalized spacial score (nSPS) is 21.1. The van der Waals surface area contributed by atoms with Gasteiger partial charge in [-0.1, -0.05) is 6.07 Å². The van der Waals surface area contributed by atoms with E-state index in [1.165, 1.54) is 49.3 Å². The van der Waals surface area contributed by atoms with Crippen molar-refractivity contribution in [3.8, 4) is 0 Å². The lowest BCUT2D eigenvalue weighted by Gasteiger charge is -2.23. The van der Waals surface area contributed by atoms with Gasteiger partial charge in [0.15, 0.2) is 0 Å². The summed E-state index contributed by atoms with van der Waals surface area (Å²) in [5, 5.41) is 0. The molecule has 4 heterocycles. The van der Waals surface area contributed by atoms with E-state index in [1.807, 2.05) is 6.07 Å². The number of aromatic nitrogens is 4. The number of hydrogen-bond donors (Lipinski definition) is 0. The number of likely N-dealkylation sites (tertiary alicyclic amines) is 1. The lowest BCUT2D eigenvalue weighted by Crippen LogP contribution is -2.25. The van der Waals surface area contributed by atoms with E-state index in [1.54, 1.807) is 0 Å². The number of hydrogen-bond acceptors (Lipinski definition) is 3. The molecule has 5 heteroatoms. The molecule has 25 heavy (non-hydrogen) atoms. The molecule has 2 aliphatic rings. The van der Waals surface area contributed by atoms with Crippen molar-refractivity contribution in [2.75, 3.05) is 6.54 Å². The first kappa shape index (κ1) is 15.1. The standard InChI is InChI=1S/C20H25N5/c1-23-17-8-3-2-7-16(17)22-20(23)18-9-6-12-24(18)13-15-14-25-11-5-4-10-19(25)21-15/h4-5,10-11,14,18H,2-3,6-9,12-13H2,1H3. The molecule has 3 aromatic heterocycles. The summed E-state index contributed by atoms with van der Waals surface area (Å²) < 4.78 is 4.50. The lowest BCUT2D eigenvalue weighted by atomic mass is 10.0. The molecule has 3 aromatic rings. The zero-order valence-electron chi connectivity index (χ0n) is 14.9. The van der Waals surface area contributed by atoms with Crippen LogP contribution in [0.15, 0.2) is 30.6 Å². The number of rotatable bonds is 3. The molecule has 1 atom stereocenters. The smallest absolute Gasteiger partial charge is 0.137 e. The van der Waals surface area contributed by atoms with Crippen molar-refractivity contribution in [2.24, 2.45) is 7.05 Å². The molecule has 0 amide bonds. The summed E-state index contributed by atoms with van der Waals surface area (Å²) in [5.74, 6) is 1.27. The van der Waals surface area contributed by atoms with Crippen LogP contribution in [0, 0.1) is 0 Å². The molecule has 1 saturated heterocycles. The highest BCUT2D eigenvalue weighted by Crippen LogP contribution is 2.34. The van der Waals surface area contributed by atoms with Crippen LogP contribution in [0.3, 0.4) is 0 Å². The Morgan fingerprint density at radius 1 is 1.12 bits per heavy atom. The Labute approximate surface area is 148 Å². The van der Waals surface area contributed by atoms with Crippen molar-refractivity contribution in [3.05, 3.63) is 53.5 Å². The van der Waals surface area contributed by atoms with Gasteiger partial charge in [-0.25, -0.2) is 9.97 Å². The van der Waals surface area contributed by atoms with E-state index in [0.29, 0.717) is 6.04 Å². The van der Waals surface area contributed by atoms with E-state index < -0.39 is 0 Å². The third-order valence-corrected chi connectivity index (χ3v) is 5.85. The summed E-state index contributed by atoms with van der Waals surface area (Å²) in [5.41, 5.74) is 5.00. The molecular weight excluding hydrogens is 310 g/mol. The SMILES string of the molecule is Cn1c(C2CCCN2Cc2cn3ccccc3n2)nc2c1CCCC2. The van der Waals surface area contributed by atoms with Gasteiger partial charge in [-0.2, -0.15) is 0 Å². The van der Waals surface area contributed by atoms with Crippen LogP contribution < -0.4 is 0 Å². The van der Waals surface area contributed by atoms with Gasteiger partial charge in [0.05, 0.1) is 17.4 Å². The second-order valence-corrected chi connectivity index (χ2v) is 7.46. The minimum Gasteiger partial charge on any atom is -0.334 e. The fourth-order valence-electron chi connectivity index (χ4n) is 4.58. The van der Waals surface area contributed by atoms with E-state index in [0.717, 1.165) is 30.9 Å². The number of fused-ring (bicyclic) bond motifs is 2. The molecule has 1 aliphatic heterocycles. The quantitative estimate of drug-likeness (QED) is 0.737. The summed E-state index contributed by atoms with van der Waals surface area (Å²) >= 11 is 0. The number of imidazole rings is 2. The fourth-order valence-corrected chi connectivity index (χ4v) is 4.58. The molecule has 1 fully saturated rings. The molecule has 130 valence electrons. The molecule has 5 rings (SSSR count). The fraction of sp³-hybridized carbons (Fsp3) is 0.500. The van der Waals surface area contributed by atoms with Gasteiger partial charge in [-0.15, -0.1) is 0 Å². The summed E-state index contributed by atoms with van der Waals surface area (Å²) in [6.07, 6.45) is 11.6. The summed E-state index contributed by atoms with van der Waals surface area (Å²) in [4.78, 5) is 12.4. The predicted octanol–water partition coefficient (Wildman–Crippen LogP) is 3.28. The Hall–Kier alpha value is -2.14. The molecule has 1 unspecified atom stereocenters. The Bertz CT molecular complexity index is 873. The van der Waals surface area contributed by atoms with Gasteiger partial charge in [-0.3, -0.25) is 4.90 Å². The van der Waals surface area contributed by atoms with E-state index in [-0.39, 0.29) is 0 Å². The van der Waals surface area contributed by atoms with E-state index in [2.05, 4.69) is 45.4 Å². The van der Waals surface area contributed by atoms with Crippen LogP contribution >= 0.6 is 0 Å². The molecule has 0 aromatic carbocycles. The third kappa shape index (κ3) is 2.58. The van der Waals surface area contributed by atoms with E-state index in [9.17, 15) is 0 Å². The van der Waals surface area contributed by atoms with Crippen molar-refractivity contribution in [3.63, 3.8) is 0 Å². The zero-order valence-corrected chi connectivity index (χ0v) is 14.9.